The van der Waals surface area contributed by atoms with Crippen LogP contribution in [0.2, 0.25) is 0 Å². The number of hydrogen-bond donors (Lipinski definition) is 14. The van der Waals surface area contributed by atoms with E-state index in [9.17, 15) is 79.5 Å². The average molecular weight is 1140 g/mol. The highest BCUT2D eigenvalue weighted by Crippen LogP contribution is 2.30. The Balaban J connectivity index is 1.18. The Morgan fingerprint density at radius 1 is 0.634 bits per heavy atom. The zero-order chi connectivity index (χ0) is 59.7. The topological polar surface area (TPSA) is 377 Å². The SMILES string of the molecule is CCCCCOc1ccc(-c2ccc(-c3ccc(C(=O)N[C@@H]4C[C@@H](O)[C@@H](O)NC(=O)[C@@H]5[C@@H](O)[C@@H](C)CN5C(=O)[C@H]([C@@H](C)O)NC(=O)[C@H]([C@H](O)[C@@H](O)c5ccc(O)cc5)NC(=O)[C@@H]5C[C@@H](O)CN5C(=O)[C@H]([C@@H](C)O)NC4=O)cc3)cc2)cc1. The Morgan fingerprint density at radius 2 is 1.16 bits per heavy atom. The molecule has 3 saturated heterocycles. The number of fused-ring (bicyclic) bond motifs is 2. The van der Waals surface area contributed by atoms with Gasteiger partial charge in [0, 0.05) is 37.4 Å². The van der Waals surface area contributed by atoms with Crippen molar-refractivity contribution in [2.24, 2.45) is 5.92 Å². The number of rotatable bonds is 14. The van der Waals surface area contributed by atoms with Crippen LogP contribution in [-0.4, -0.2) is 196 Å². The van der Waals surface area contributed by atoms with Gasteiger partial charge < -0.3 is 87.1 Å². The molecule has 82 heavy (non-hydrogen) atoms. The van der Waals surface area contributed by atoms with Crippen molar-refractivity contribution in [2.75, 3.05) is 19.7 Å². The molecular formula is C58H73N7O17. The standard InChI is InChI=1S/C58H73N7O17/c1-5-6-7-24-82-40-22-18-35(19-23-40)33-10-8-32(9-11-33)34-12-14-37(15-13-34)51(74)59-41-26-43(70)54(77)63-56(79)47-48(71)29(2)27-65(47)58(81)45(31(4)67)61-55(78)46(50(73)49(72)36-16-20-38(68)21-17-36)62-53(76)42-25-39(69)28-64(42)57(80)44(30(3)66)60-52(41)75/h8-23,29-31,39,41-50,54,66-73,77H,5-7,24-28H2,1-4H3,(H,59,74)(H,60,75)(H,61,78)(H,62,76)(H,63,79)/t29-,30+,31+,39+,41+,42-,43+,44-,45-,46-,47-,48-,49-,50-,54+/m0/s1. The molecule has 3 aliphatic rings. The molecule has 14 N–H and O–H groups in total. The Morgan fingerprint density at radius 3 is 1.72 bits per heavy atom. The number of carbonyl (C=O) groups excluding carboxylic acids is 7. The second-order valence-electron chi connectivity index (χ2n) is 21.3. The maximum atomic E-state index is 14.5. The van der Waals surface area contributed by atoms with Crippen molar-refractivity contribution in [3.8, 4) is 33.8 Å². The highest BCUT2D eigenvalue weighted by Gasteiger charge is 2.50. The monoisotopic (exact) mass is 1140 g/mol. The number of nitrogens with one attached hydrogen (secondary N) is 5. The number of benzene rings is 4. The van der Waals surface area contributed by atoms with Crippen LogP contribution in [-0.2, 0) is 28.8 Å². The zero-order valence-corrected chi connectivity index (χ0v) is 45.7. The van der Waals surface area contributed by atoms with Gasteiger partial charge >= 0.3 is 0 Å². The third-order valence-corrected chi connectivity index (χ3v) is 15.0. The molecule has 0 aliphatic carbocycles. The smallest absolute Gasteiger partial charge is 0.251 e. The van der Waals surface area contributed by atoms with E-state index < -0.39 is 152 Å². The highest BCUT2D eigenvalue weighted by molar-refractivity contribution is 6.00. The van der Waals surface area contributed by atoms with Gasteiger partial charge in [-0.15, -0.1) is 0 Å². The third-order valence-electron chi connectivity index (χ3n) is 15.0. The molecule has 0 bridgehead atoms. The quantitative estimate of drug-likeness (QED) is 0.0679. The molecule has 7 rings (SSSR count). The summed E-state index contributed by atoms with van der Waals surface area (Å²) >= 11 is 0. The van der Waals surface area contributed by atoms with Crippen molar-refractivity contribution < 1.29 is 84.3 Å². The highest BCUT2D eigenvalue weighted by atomic mass is 16.5. The number of carbonyl (C=O) groups is 7. The Kier molecular flexibility index (Phi) is 20.8. The van der Waals surface area contributed by atoms with Gasteiger partial charge in [-0.3, -0.25) is 33.6 Å². The van der Waals surface area contributed by atoms with Crippen LogP contribution in [0.4, 0.5) is 0 Å². The van der Waals surface area contributed by atoms with Gasteiger partial charge in [0.2, 0.25) is 35.4 Å². The van der Waals surface area contributed by atoms with E-state index in [-0.39, 0.29) is 23.4 Å². The number of unbranched alkanes of at least 4 members (excludes halogenated alkanes) is 2. The number of aliphatic hydroxyl groups is 8. The van der Waals surface area contributed by atoms with Crippen molar-refractivity contribution in [1.82, 2.24) is 36.4 Å². The van der Waals surface area contributed by atoms with Crippen molar-refractivity contribution in [3.63, 3.8) is 0 Å². The first kappa shape index (κ1) is 62.1. The summed E-state index contributed by atoms with van der Waals surface area (Å²) in [6.45, 7) is 5.47. The number of amides is 7. The lowest BCUT2D eigenvalue weighted by Gasteiger charge is -2.34. The fourth-order valence-electron chi connectivity index (χ4n) is 10.2. The predicted octanol–water partition coefficient (Wildman–Crippen LogP) is -0.927. The van der Waals surface area contributed by atoms with Crippen LogP contribution < -0.4 is 31.3 Å². The van der Waals surface area contributed by atoms with Crippen LogP contribution in [0.1, 0.15) is 81.8 Å². The molecule has 0 radical (unpaired) electrons. The number of aromatic hydroxyl groups is 1. The second kappa shape index (κ2) is 27.5. The van der Waals surface area contributed by atoms with Crippen molar-refractivity contribution in [3.05, 3.63) is 108 Å². The van der Waals surface area contributed by atoms with E-state index in [1.807, 2.05) is 48.5 Å². The summed E-state index contributed by atoms with van der Waals surface area (Å²) in [6, 6.07) is 14.7. The minimum Gasteiger partial charge on any atom is -0.508 e. The molecule has 3 heterocycles. The van der Waals surface area contributed by atoms with E-state index in [1.165, 1.54) is 31.2 Å². The summed E-state index contributed by atoms with van der Waals surface area (Å²) in [5.41, 5.74) is 3.37. The van der Waals surface area contributed by atoms with Crippen LogP contribution in [0.3, 0.4) is 0 Å². The average Bonchev–Trinajstić information content (AvgIpc) is 4.06. The lowest BCUT2D eigenvalue weighted by Crippen LogP contribution is -2.64. The van der Waals surface area contributed by atoms with Crippen LogP contribution in [0.5, 0.6) is 11.5 Å². The van der Waals surface area contributed by atoms with Crippen molar-refractivity contribution >= 4 is 41.4 Å². The first-order valence-electron chi connectivity index (χ1n) is 27.3. The fourth-order valence-corrected chi connectivity index (χ4v) is 10.2. The number of ether oxygens (including phenoxy) is 1. The molecule has 4 aromatic rings. The largest absolute Gasteiger partial charge is 0.508 e. The number of phenols is 1. The Bertz CT molecular complexity index is 2880. The summed E-state index contributed by atoms with van der Waals surface area (Å²) in [7, 11) is 0. The Hall–Kier alpha value is -7.55. The molecule has 3 aliphatic heterocycles. The van der Waals surface area contributed by atoms with E-state index in [0.717, 1.165) is 77.5 Å². The van der Waals surface area contributed by atoms with Crippen LogP contribution in [0.25, 0.3) is 22.3 Å². The lowest BCUT2D eigenvalue weighted by atomic mass is 9.96. The van der Waals surface area contributed by atoms with Crippen molar-refractivity contribution in [1.29, 1.82) is 0 Å². The molecule has 0 aromatic heterocycles. The molecular weight excluding hydrogens is 1070 g/mol. The molecule has 3 fully saturated rings. The summed E-state index contributed by atoms with van der Waals surface area (Å²) in [5, 5.41) is 111. The van der Waals surface area contributed by atoms with E-state index in [1.54, 1.807) is 12.1 Å². The van der Waals surface area contributed by atoms with Crippen LogP contribution in [0.15, 0.2) is 97.1 Å². The molecule has 24 heteroatoms. The van der Waals surface area contributed by atoms with E-state index in [4.69, 9.17) is 4.74 Å². The summed E-state index contributed by atoms with van der Waals surface area (Å²) in [5.74, 6) is -8.67. The zero-order valence-electron chi connectivity index (χ0n) is 45.7. The fraction of sp³-hybridized carbons (Fsp3) is 0.466. The second-order valence-corrected chi connectivity index (χ2v) is 21.3. The van der Waals surface area contributed by atoms with Gasteiger partial charge in [0.15, 0.2) is 6.23 Å². The maximum absolute atomic E-state index is 14.5. The maximum Gasteiger partial charge on any atom is 0.251 e. The molecule has 4 aromatic carbocycles. The lowest BCUT2D eigenvalue weighted by molar-refractivity contribution is -0.148. The molecule has 442 valence electrons. The van der Waals surface area contributed by atoms with E-state index in [2.05, 4.69) is 33.5 Å². The van der Waals surface area contributed by atoms with Gasteiger partial charge in [-0.25, -0.2) is 0 Å². The van der Waals surface area contributed by atoms with Gasteiger partial charge in [0.05, 0.1) is 31.0 Å². The minimum absolute atomic E-state index is 0.00973. The van der Waals surface area contributed by atoms with Gasteiger partial charge in [0.1, 0.15) is 66.1 Å². The minimum atomic E-state index is -2.29. The van der Waals surface area contributed by atoms with Gasteiger partial charge in [0.25, 0.3) is 5.91 Å². The van der Waals surface area contributed by atoms with Gasteiger partial charge in [-0.05, 0) is 84.5 Å². The predicted molar refractivity (Wildman–Crippen MR) is 293 cm³/mol. The summed E-state index contributed by atoms with van der Waals surface area (Å²) < 4.78 is 5.84. The molecule has 0 unspecified atom stereocenters. The summed E-state index contributed by atoms with van der Waals surface area (Å²) in [6.07, 6.45) is -13.6. The van der Waals surface area contributed by atoms with Crippen molar-refractivity contribution in [2.45, 2.75) is 145 Å². The van der Waals surface area contributed by atoms with Gasteiger partial charge in [-0.2, -0.15) is 0 Å². The number of hydrogen-bond acceptors (Lipinski definition) is 17. The van der Waals surface area contributed by atoms with E-state index >= 15 is 0 Å². The first-order chi connectivity index (χ1) is 39.0. The van der Waals surface area contributed by atoms with Crippen LogP contribution in [0, 0.1) is 5.92 Å². The van der Waals surface area contributed by atoms with E-state index in [0.29, 0.717) is 12.2 Å². The molecule has 15 atom stereocenters. The summed E-state index contributed by atoms with van der Waals surface area (Å²) in [4.78, 5) is 102. The Labute approximate surface area is 473 Å². The number of nitrogens with zero attached hydrogens (tertiary/aromatic N) is 2. The third kappa shape index (κ3) is 14.7. The molecule has 0 saturated carbocycles. The first-order valence-corrected chi connectivity index (χ1v) is 27.3. The molecule has 24 nitrogen and oxygen atoms in total. The molecule has 0 spiro atoms. The van der Waals surface area contributed by atoms with Gasteiger partial charge in [-0.1, -0.05) is 87.4 Å². The number of aliphatic hydroxyl groups excluding tert-OH is 8. The number of phenolic OH excluding ortho intramolecular Hbond substituents is 1. The molecule has 7 amide bonds. The van der Waals surface area contributed by atoms with Crippen LogP contribution >= 0.6 is 0 Å². The normalized spacial score (nSPS) is 27.5.